The average molecular weight is 417 g/mol. The van der Waals surface area contributed by atoms with Gasteiger partial charge in [-0.25, -0.2) is 13.2 Å². The normalized spacial score (nSPS) is 22.6. The van der Waals surface area contributed by atoms with E-state index < -0.39 is 26.8 Å². The van der Waals surface area contributed by atoms with Gasteiger partial charge in [-0.2, -0.15) is 0 Å². The molecular weight excluding hydrogens is 398 g/mol. The van der Waals surface area contributed by atoms with Crippen molar-refractivity contribution < 1.29 is 22.9 Å². The van der Waals surface area contributed by atoms with E-state index in [2.05, 4.69) is 0 Å². The summed E-state index contributed by atoms with van der Waals surface area (Å²) in [4.78, 5) is 26.6. The number of nitro groups is 1. The van der Waals surface area contributed by atoms with Gasteiger partial charge in [0.05, 0.1) is 35.1 Å². The first-order valence-electron chi connectivity index (χ1n) is 9.11. The number of non-ortho nitro benzene ring substituents is 1. The minimum atomic E-state index is -3.32. The number of amides is 2. The summed E-state index contributed by atoms with van der Waals surface area (Å²) >= 11 is 0. The number of hydrogen-bond donors (Lipinski definition) is 0. The smallest absolute Gasteiger partial charge is 0.329 e. The Morgan fingerprint density at radius 3 is 1.93 bits per heavy atom. The molecule has 4 rings (SSSR count). The largest absolute Gasteiger partial charge is 0.494 e. The van der Waals surface area contributed by atoms with Gasteiger partial charge in [0.2, 0.25) is 0 Å². The number of hydrogen-bond acceptors (Lipinski definition) is 6. The molecule has 2 aliphatic heterocycles. The number of ether oxygens (including phenoxy) is 1. The Bertz CT molecular complexity index is 1050. The highest BCUT2D eigenvalue weighted by Crippen LogP contribution is 2.38. The zero-order valence-corrected chi connectivity index (χ0v) is 16.4. The van der Waals surface area contributed by atoms with Crippen molar-refractivity contribution in [1.29, 1.82) is 0 Å². The van der Waals surface area contributed by atoms with E-state index in [1.807, 2.05) is 6.92 Å². The third-order valence-electron chi connectivity index (χ3n) is 5.13. The Kier molecular flexibility index (Phi) is 4.65. The number of rotatable bonds is 5. The number of nitrogens with zero attached hydrogens (tertiary/aromatic N) is 3. The van der Waals surface area contributed by atoms with Crippen LogP contribution in [0.3, 0.4) is 0 Å². The van der Waals surface area contributed by atoms with E-state index in [-0.39, 0.29) is 23.2 Å². The molecule has 10 heteroatoms. The van der Waals surface area contributed by atoms with Crippen molar-refractivity contribution in [2.75, 3.05) is 27.9 Å². The second-order valence-electron chi connectivity index (χ2n) is 6.93. The van der Waals surface area contributed by atoms with Gasteiger partial charge in [-0.3, -0.25) is 19.9 Å². The molecule has 2 aromatic rings. The molecule has 0 unspecified atom stereocenters. The minimum Gasteiger partial charge on any atom is -0.494 e. The van der Waals surface area contributed by atoms with Crippen molar-refractivity contribution in [3.8, 4) is 5.75 Å². The number of sulfone groups is 1. The number of carbonyl (C=O) groups excluding carboxylic acids is 1. The molecule has 0 aliphatic carbocycles. The number of nitro benzene ring substituents is 1. The van der Waals surface area contributed by atoms with Gasteiger partial charge in [0.1, 0.15) is 5.75 Å². The van der Waals surface area contributed by atoms with Gasteiger partial charge in [-0.05, 0) is 43.3 Å². The maximum absolute atomic E-state index is 13.3. The Morgan fingerprint density at radius 2 is 1.48 bits per heavy atom. The Morgan fingerprint density at radius 1 is 1.00 bits per heavy atom. The van der Waals surface area contributed by atoms with Crippen molar-refractivity contribution >= 4 is 32.9 Å². The van der Waals surface area contributed by atoms with E-state index in [0.717, 1.165) is 0 Å². The average Bonchev–Trinajstić information content (AvgIpc) is 3.11. The summed E-state index contributed by atoms with van der Waals surface area (Å²) in [7, 11) is -3.32. The molecule has 0 saturated carbocycles. The second-order valence-corrected chi connectivity index (χ2v) is 9.09. The molecule has 2 heterocycles. The van der Waals surface area contributed by atoms with E-state index >= 15 is 0 Å². The highest BCUT2D eigenvalue weighted by molar-refractivity contribution is 7.91. The fourth-order valence-electron chi connectivity index (χ4n) is 3.91. The fraction of sp³-hybridized carbons (Fsp3) is 0.316. The van der Waals surface area contributed by atoms with Crippen LogP contribution in [0.4, 0.5) is 21.9 Å². The summed E-state index contributed by atoms with van der Waals surface area (Å²) in [6.07, 6.45) is 0. The lowest BCUT2D eigenvalue weighted by Gasteiger charge is -2.22. The summed E-state index contributed by atoms with van der Waals surface area (Å²) in [6, 6.07) is 11.0. The van der Waals surface area contributed by atoms with Crippen LogP contribution in [0, 0.1) is 10.1 Å². The highest BCUT2D eigenvalue weighted by Gasteiger charge is 2.54. The topological polar surface area (TPSA) is 110 Å². The van der Waals surface area contributed by atoms with Gasteiger partial charge in [0.25, 0.3) is 5.69 Å². The van der Waals surface area contributed by atoms with Crippen LogP contribution in [-0.4, -0.2) is 49.6 Å². The molecule has 2 aromatic carbocycles. The van der Waals surface area contributed by atoms with Gasteiger partial charge >= 0.3 is 6.03 Å². The van der Waals surface area contributed by atoms with Crippen LogP contribution < -0.4 is 14.5 Å². The van der Waals surface area contributed by atoms with E-state index in [1.165, 1.54) is 34.1 Å². The lowest BCUT2D eigenvalue weighted by Crippen LogP contribution is -2.37. The molecule has 2 fully saturated rings. The molecule has 2 saturated heterocycles. The first kappa shape index (κ1) is 19.2. The molecule has 0 aromatic heterocycles. The van der Waals surface area contributed by atoms with E-state index in [9.17, 15) is 23.3 Å². The molecule has 2 atom stereocenters. The van der Waals surface area contributed by atoms with Crippen LogP contribution in [0.5, 0.6) is 5.75 Å². The van der Waals surface area contributed by atoms with Gasteiger partial charge in [0.15, 0.2) is 9.84 Å². The predicted molar refractivity (Wildman–Crippen MR) is 107 cm³/mol. The van der Waals surface area contributed by atoms with Gasteiger partial charge < -0.3 is 4.74 Å². The quantitative estimate of drug-likeness (QED) is 0.420. The number of carbonyl (C=O) groups is 1. The third kappa shape index (κ3) is 3.39. The Balaban J connectivity index is 1.71. The highest BCUT2D eigenvalue weighted by atomic mass is 32.2. The van der Waals surface area contributed by atoms with Crippen molar-refractivity contribution in [2.24, 2.45) is 0 Å². The number of urea groups is 1. The molecule has 0 N–H and O–H groups in total. The molecule has 2 amide bonds. The summed E-state index contributed by atoms with van der Waals surface area (Å²) in [6.45, 7) is 2.38. The van der Waals surface area contributed by atoms with Crippen LogP contribution in [0.15, 0.2) is 48.5 Å². The van der Waals surface area contributed by atoms with E-state index in [0.29, 0.717) is 23.7 Å². The van der Waals surface area contributed by atoms with Crippen LogP contribution in [0.1, 0.15) is 6.92 Å². The number of benzene rings is 2. The maximum atomic E-state index is 13.3. The first-order valence-corrected chi connectivity index (χ1v) is 10.9. The lowest BCUT2D eigenvalue weighted by molar-refractivity contribution is -0.384. The molecule has 9 nitrogen and oxygen atoms in total. The van der Waals surface area contributed by atoms with E-state index in [4.69, 9.17) is 4.74 Å². The molecular formula is C19H19N3O6S. The molecule has 0 spiro atoms. The Labute approximate surface area is 167 Å². The molecule has 0 radical (unpaired) electrons. The van der Waals surface area contributed by atoms with Crippen molar-refractivity contribution in [3.63, 3.8) is 0 Å². The van der Waals surface area contributed by atoms with Crippen molar-refractivity contribution in [2.45, 2.75) is 19.0 Å². The molecule has 2 aliphatic rings. The van der Waals surface area contributed by atoms with Crippen molar-refractivity contribution in [1.82, 2.24) is 0 Å². The summed E-state index contributed by atoms with van der Waals surface area (Å²) in [5, 5.41) is 10.9. The lowest BCUT2D eigenvalue weighted by atomic mass is 10.1. The monoisotopic (exact) mass is 417 g/mol. The van der Waals surface area contributed by atoms with Gasteiger partial charge in [0, 0.05) is 23.5 Å². The molecule has 0 bridgehead atoms. The maximum Gasteiger partial charge on any atom is 0.329 e. The zero-order chi connectivity index (χ0) is 20.8. The SMILES string of the molecule is CCOc1ccc(N2C(=O)N(c3ccc([N+](=O)[O-])cc3)[C@@H]3CS(=O)(=O)C[C@H]32)cc1. The third-order valence-corrected chi connectivity index (χ3v) is 6.83. The number of fused-ring (bicyclic) bond motifs is 1. The van der Waals surface area contributed by atoms with Gasteiger partial charge in [-0.1, -0.05) is 0 Å². The predicted octanol–water partition coefficient (Wildman–Crippen LogP) is 2.61. The van der Waals surface area contributed by atoms with Crippen LogP contribution >= 0.6 is 0 Å². The second kappa shape index (κ2) is 7.03. The number of anilines is 2. The standard InChI is InChI=1S/C19H19N3O6S/c1-2-28-16-9-7-14(8-10-16)21-18-12-29(26,27)11-17(18)20(19(21)23)13-3-5-15(6-4-13)22(24)25/h3-10,17-18H,2,11-12H2,1H3/t17-,18-/m1/s1. The molecule has 152 valence electrons. The Hall–Kier alpha value is -3.14. The minimum absolute atomic E-state index is 0.0978. The van der Waals surface area contributed by atoms with Crippen LogP contribution in [-0.2, 0) is 9.84 Å². The van der Waals surface area contributed by atoms with Crippen LogP contribution in [0.25, 0.3) is 0 Å². The molecule has 29 heavy (non-hydrogen) atoms. The van der Waals surface area contributed by atoms with E-state index in [1.54, 1.807) is 24.3 Å². The summed E-state index contributed by atoms with van der Waals surface area (Å²) in [5.74, 6) is 0.388. The fourth-order valence-corrected chi connectivity index (χ4v) is 5.83. The zero-order valence-electron chi connectivity index (χ0n) is 15.6. The van der Waals surface area contributed by atoms with Crippen molar-refractivity contribution in [3.05, 3.63) is 58.6 Å². The van der Waals surface area contributed by atoms with Crippen LogP contribution in [0.2, 0.25) is 0 Å². The summed E-state index contributed by atoms with van der Waals surface area (Å²) < 4.78 is 30.1. The first-order chi connectivity index (χ1) is 13.8. The summed E-state index contributed by atoms with van der Waals surface area (Å²) in [5.41, 5.74) is 0.912. The van der Waals surface area contributed by atoms with Gasteiger partial charge in [-0.15, -0.1) is 0 Å².